The fraction of sp³-hybridized carbons (Fsp3) is 0.625. The Morgan fingerprint density at radius 1 is 1.33 bits per heavy atom. The standard InChI is InChI=1S/C16H27NO/c1-6-7-12(2)10-15(17-4)14-8-9-16(18-5)13(3)11-14/h8-9,11-12,15,17H,6-7,10H2,1-5H3. The molecule has 0 bridgehead atoms. The fourth-order valence-corrected chi connectivity index (χ4v) is 2.55. The Bertz CT molecular complexity index is 362. The average Bonchev–Trinajstić information content (AvgIpc) is 2.36. The molecule has 2 atom stereocenters. The van der Waals surface area contributed by atoms with E-state index in [9.17, 15) is 0 Å². The predicted octanol–water partition coefficient (Wildman–Crippen LogP) is 4.09. The Kier molecular flexibility index (Phi) is 6.20. The normalized spacial score (nSPS) is 14.3. The summed E-state index contributed by atoms with van der Waals surface area (Å²) in [5.41, 5.74) is 2.57. The van der Waals surface area contributed by atoms with Crippen LogP contribution >= 0.6 is 0 Å². The zero-order chi connectivity index (χ0) is 13.5. The van der Waals surface area contributed by atoms with E-state index >= 15 is 0 Å². The highest BCUT2D eigenvalue weighted by molar-refractivity contribution is 5.37. The molecular weight excluding hydrogens is 222 g/mol. The molecular formula is C16H27NO. The van der Waals surface area contributed by atoms with E-state index in [2.05, 4.69) is 44.3 Å². The maximum absolute atomic E-state index is 5.31. The molecule has 1 N–H and O–H groups in total. The van der Waals surface area contributed by atoms with Crippen LogP contribution in [0.3, 0.4) is 0 Å². The van der Waals surface area contributed by atoms with Gasteiger partial charge in [-0.15, -0.1) is 0 Å². The summed E-state index contributed by atoms with van der Waals surface area (Å²) in [6.45, 7) is 6.69. The van der Waals surface area contributed by atoms with Crippen LogP contribution in [-0.4, -0.2) is 14.2 Å². The van der Waals surface area contributed by atoms with Crippen molar-refractivity contribution in [1.29, 1.82) is 0 Å². The Hall–Kier alpha value is -1.02. The maximum Gasteiger partial charge on any atom is 0.121 e. The monoisotopic (exact) mass is 249 g/mol. The third-order valence-electron chi connectivity index (χ3n) is 3.59. The van der Waals surface area contributed by atoms with Crippen LogP contribution < -0.4 is 10.1 Å². The molecule has 2 unspecified atom stereocenters. The van der Waals surface area contributed by atoms with Crippen molar-refractivity contribution in [2.75, 3.05) is 14.2 Å². The summed E-state index contributed by atoms with van der Waals surface area (Å²) in [6, 6.07) is 6.92. The molecule has 0 saturated carbocycles. The Labute approximate surface area is 112 Å². The van der Waals surface area contributed by atoms with Gasteiger partial charge >= 0.3 is 0 Å². The van der Waals surface area contributed by atoms with Crippen LogP contribution in [0.25, 0.3) is 0 Å². The van der Waals surface area contributed by atoms with Gasteiger partial charge in [-0.05, 0) is 43.5 Å². The van der Waals surface area contributed by atoms with E-state index in [-0.39, 0.29) is 0 Å². The quantitative estimate of drug-likeness (QED) is 0.786. The van der Waals surface area contributed by atoms with Gasteiger partial charge in [0.2, 0.25) is 0 Å². The van der Waals surface area contributed by atoms with Gasteiger partial charge in [-0.1, -0.05) is 38.8 Å². The van der Waals surface area contributed by atoms with Crippen LogP contribution in [0.5, 0.6) is 5.75 Å². The minimum absolute atomic E-state index is 0.441. The minimum Gasteiger partial charge on any atom is -0.496 e. The highest BCUT2D eigenvalue weighted by atomic mass is 16.5. The van der Waals surface area contributed by atoms with Crippen LogP contribution in [0.1, 0.15) is 50.3 Å². The molecule has 2 nitrogen and oxygen atoms in total. The second-order valence-corrected chi connectivity index (χ2v) is 5.20. The van der Waals surface area contributed by atoms with Gasteiger partial charge in [-0.2, -0.15) is 0 Å². The second kappa shape index (κ2) is 7.42. The first-order valence-electron chi connectivity index (χ1n) is 6.94. The van der Waals surface area contributed by atoms with E-state index in [1.165, 1.54) is 30.4 Å². The van der Waals surface area contributed by atoms with E-state index in [4.69, 9.17) is 4.74 Å². The summed E-state index contributed by atoms with van der Waals surface area (Å²) in [7, 11) is 3.77. The van der Waals surface area contributed by atoms with Gasteiger partial charge in [-0.3, -0.25) is 0 Å². The Morgan fingerprint density at radius 2 is 2.06 bits per heavy atom. The number of nitrogens with one attached hydrogen (secondary N) is 1. The summed E-state index contributed by atoms with van der Waals surface area (Å²) < 4.78 is 5.31. The maximum atomic E-state index is 5.31. The molecule has 0 aliphatic carbocycles. The summed E-state index contributed by atoms with van der Waals surface area (Å²) in [5.74, 6) is 1.73. The van der Waals surface area contributed by atoms with Gasteiger partial charge in [0.25, 0.3) is 0 Å². The zero-order valence-electron chi connectivity index (χ0n) is 12.4. The summed E-state index contributed by atoms with van der Waals surface area (Å²) >= 11 is 0. The third-order valence-corrected chi connectivity index (χ3v) is 3.59. The number of hydrogen-bond donors (Lipinski definition) is 1. The van der Waals surface area contributed by atoms with Gasteiger partial charge < -0.3 is 10.1 Å². The number of hydrogen-bond acceptors (Lipinski definition) is 2. The molecule has 1 rings (SSSR count). The lowest BCUT2D eigenvalue weighted by Crippen LogP contribution is -2.19. The third kappa shape index (κ3) is 4.02. The van der Waals surface area contributed by atoms with Crippen LogP contribution in [0, 0.1) is 12.8 Å². The molecule has 102 valence electrons. The molecule has 0 heterocycles. The van der Waals surface area contributed by atoms with Crippen LogP contribution in [0.15, 0.2) is 18.2 Å². The number of rotatable bonds is 7. The molecule has 2 heteroatoms. The molecule has 1 aromatic carbocycles. The smallest absolute Gasteiger partial charge is 0.121 e. The average molecular weight is 249 g/mol. The van der Waals surface area contributed by atoms with E-state index in [1.54, 1.807) is 7.11 Å². The molecule has 0 saturated heterocycles. The summed E-state index contributed by atoms with van der Waals surface area (Å²) in [4.78, 5) is 0. The summed E-state index contributed by atoms with van der Waals surface area (Å²) in [6.07, 6.45) is 3.75. The first kappa shape index (κ1) is 15.0. The highest BCUT2D eigenvalue weighted by Crippen LogP contribution is 2.27. The van der Waals surface area contributed by atoms with Crippen molar-refractivity contribution in [2.24, 2.45) is 5.92 Å². The van der Waals surface area contributed by atoms with Gasteiger partial charge in [0, 0.05) is 6.04 Å². The first-order valence-corrected chi connectivity index (χ1v) is 6.94. The molecule has 0 amide bonds. The molecule has 0 aliphatic heterocycles. The molecule has 18 heavy (non-hydrogen) atoms. The van der Waals surface area contributed by atoms with Gasteiger partial charge in [-0.25, -0.2) is 0 Å². The number of benzene rings is 1. The largest absolute Gasteiger partial charge is 0.496 e. The minimum atomic E-state index is 0.441. The Balaban J connectivity index is 2.78. The molecule has 1 aromatic rings. The van der Waals surface area contributed by atoms with Crippen LogP contribution in [0.4, 0.5) is 0 Å². The lowest BCUT2D eigenvalue weighted by atomic mass is 9.92. The van der Waals surface area contributed by atoms with E-state index in [0.29, 0.717) is 6.04 Å². The zero-order valence-corrected chi connectivity index (χ0v) is 12.4. The highest BCUT2D eigenvalue weighted by Gasteiger charge is 2.14. The first-order chi connectivity index (χ1) is 8.62. The Morgan fingerprint density at radius 3 is 2.56 bits per heavy atom. The van der Waals surface area contributed by atoms with Gasteiger partial charge in [0.05, 0.1) is 7.11 Å². The lowest BCUT2D eigenvalue weighted by Gasteiger charge is -2.21. The van der Waals surface area contributed by atoms with Crippen molar-refractivity contribution in [3.63, 3.8) is 0 Å². The van der Waals surface area contributed by atoms with Crippen molar-refractivity contribution >= 4 is 0 Å². The van der Waals surface area contributed by atoms with Gasteiger partial charge in [0.15, 0.2) is 0 Å². The molecule has 0 aromatic heterocycles. The van der Waals surface area contributed by atoms with Crippen LogP contribution in [-0.2, 0) is 0 Å². The predicted molar refractivity (Wildman–Crippen MR) is 78.2 cm³/mol. The SMILES string of the molecule is CCCC(C)CC(NC)c1ccc(OC)c(C)c1. The molecule has 0 radical (unpaired) electrons. The van der Waals surface area contributed by atoms with Crippen molar-refractivity contribution in [2.45, 2.75) is 46.1 Å². The lowest BCUT2D eigenvalue weighted by molar-refractivity contribution is 0.402. The van der Waals surface area contributed by atoms with Crippen molar-refractivity contribution in [3.8, 4) is 5.75 Å². The van der Waals surface area contributed by atoms with Crippen molar-refractivity contribution < 1.29 is 4.74 Å². The number of methoxy groups -OCH3 is 1. The van der Waals surface area contributed by atoms with E-state index in [0.717, 1.165) is 11.7 Å². The second-order valence-electron chi connectivity index (χ2n) is 5.20. The van der Waals surface area contributed by atoms with Crippen molar-refractivity contribution in [1.82, 2.24) is 5.32 Å². The molecule has 0 fully saturated rings. The van der Waals surface area contributed by atoms with Crippen LogP contribution in [0.2, 0.25) is 0 Å². The van der Waals surface area contributed by atoms with E-state index in [1.807, 2.05) is 7.05 Å². The topological polar surface area (TPSA) is 21.3 Å². The summed E-state index contributed by atoms with van der Waals surface area (Å²) in [5, 5.41) is 3.43. The number of aryl methyl sites for hydroxylation is 1. The van der Waals surface area contributed by atoms with Crippen molar-refractivity contribution in [3.05, 3.63) is 29.3 Å². The molecule has 0 spiro atoms. The number of ether oxygens (including phenoxy) is 1. The molecule has 0 aliphatic rings. The van der Waals surface area contributed by atoms with E-state index < -0.39 is 0 Å². The van der Waals surface area contributed by atoms with Gasteiger partial charge in [0.1, 0.15) is 5.75 Å². The fourth-order valence-electron chi connectivity index (χ4n) is 2.55.